The van der Waals surface area contributed by atoms with Gasteiger partial charge in [-0.15, -0.1) is 0 Å². The molecule has 1 atom stereocenters. The average Bonchev–Trinajstić information content (AvgIpc) is 2.29. The maximum atomic E-state index is 11.6. The second kappa shape index (κ2) is 6.40. The van der Waals surface area contributed by atoms with Gasteiger partial charge in [0.1, 0.15) is 5.75 Å². The number of nitrogens with one attached hydrogen (secondary N) is 1. The van der Waals surface area contributed by atoms with Crippen LogP contribution in [-0.2, 0) is 4.79 Å². The van der Waals surface area contributed by atoms with Crippen LogP contribution in [0.5, 0.6) is 5.75 Å². The molecule has 0 aliphatic carbocycles. The van der Waals surface area contributed by atoms with Gasteiger partial charge in [-0.1, -0.05) is 0 Å². The lowest BCUT2D eigenvalue weighted by Crippen LogP contribution is -2.36. The van der Waals surface area contributed by atoms with E-state index in [1.165, 1.54) is 12.1 Å². The number of phenols is 1. The number of benzene rings is 1. The SMILES string of the molecule is CSCC[C@@H](N)C(=O)Nc1ccc(O)cc1. The van der Waals surface area contributed by atoms with Gasteiger partial charge >= 0.3 is 0 Å². The number of phenolic OH excluding ortho intramolecular Hbond substituents is 1. The van der Waals surface area contributed by atoms with Gasteiger partial charge in [0.15, 0.2) is 0 Å². The lowest BCUT2D eigenvalue weighted by atomic mass is 10.2. The van der Waals surface area contributed by atoms with Crippen LogP contribution >= 0.6 is 11.8 Å². The molecule has 4 N–H and O–H groups in total. The number of nitrogens with two attached hydrogens (primary N) is 1. The van der Waals surface area contributed by atoms with Crippen LogP contribution in [0.15, 0.2) is 24.3 Å². The standard InChI is InChI=1S/C11H16N2O2S/c1-16-7-6-10(12)11(15)13-8-2-4-9(14)5-3-8/h2-5,10,14H,6-7,12H2,1H3,(H,13,15)/t10-/m1/s1. The van der Waals surface area contributed by atoms with E-state index in [0.717, 1.165) is 5.75 Å². The minimum absolute atomic E-state index is 0.171. The Labute approximate surface area is 99.2 Å². The summed E-state index contributed by atoms with van der Waals surface area (Å²) in [5, 5.41) is 11.8. The van der Waals surface area contributed by atoms with E-state index in [1.54, 1.807) is 23.9 Å². The van der Waals surface area contributed by atoms with Gasteiger partial charge in [0.05, 0.1) is 6.04 Å². The number of thioether (sulfide) groups is 1. The zero-order valence-electron chi connectivity index (χ0n) is 9.14. The maximum absolute atomic E-state index is 11.6. The molecule has 16 heavy (non-hydrogen) atoms. The molecule has 1 aromatic carbocycles. The van der Waals surface area contributed by atoms with Gasteiger partial charge in [-0.25, -0.2) is 0 Å². The van der Waals surface area contributed by atoms with Crippen LogP contribution in [0, 0.1) is 0 Å². The monoisotopic (exact) mass is 240 g/mol. The first kappa shape index (κ1) is 12.9. The number of hydrogen-bond acceptors (Lipinski definition) is 4. The summed E-state index contributed by atoms with van der Waals surface area (Å²) >= 11 is 1.66. The molecule has 0 radical (unpaired) electrons. The first-order valence-corrected chi connectivity index (χ1v) is 6.37. The summed E-state index contributed by atoms with van der Waals surface area (Å²) in [5.41, 5.74) is 6.35. The Morgan fingerprint density at radius 1 is 1.50 bits per heavy atom. The van der Waals surface area contributed by atoms with Gasteiger partial charge in [0, 0.05) is 5.69 Å². The third-order valence-corrected chi connectivity index (χ3v) is 2.75. The first-order valence-electron chi connectivity index (χ1n) is 4.98. The molecule has 5 heteroatoms. The van der Waals surface area contributed by atoms with Crippen molar-refractivity contribution in [1.82, 2.24) is 0 Å². The Balaban J connectivity index is 2.47. The van der Waals surface area contributed by atoms with Crippen LogP contribution in [0.25, 0.3) is 0 Å². The minimum Gasteiger partial charge on any atom is -0.508 e. The van der Waals surface area contributed by atoms with Crippen molar-refractivity contribution in [3.8, 4) is 5.75 Å². The smallest absolute Gasteiger partial charge is 0.241 e. The summed E-state index contributed by atoms with van der Waals surface area (Å²) in [7, 11) is 0. The third kappa shape index (κ3) is 4.12. The van der Waals surface area contributed by atoms with E-state index < -0.39 is 6.04 Å². The fourth-order valence-electron chi connectivity index (χ4n) is 1.16. The number of carbonyl (C=O) groups is 1. The van der Waals surface area contributed by atoms with Gasteiger partial charge in [0.2, 0.25) is 5.91 Å². The molecule has 88 valence electrons. The Bertz CT molecular complexity index is 340. The van der Waals surface area contributed by atoms with Crippen LogP contribution in [0.4, 0.5) is 5.69 Å². The average molecular weight is 240 g/mol. The van der Waals surface area contributed by atoms with E-state index in [1.807, 2.05) is 6.26 Å². The Hall–Kier alpha value is -1.20. The van der Waals surface area contributed by atoms with Crippen LogP contribution in [-0.4, -0.2) is 29.1 Å². The molecule has 0 fully saturated rings. The lowest BCUT2D eigenvalue weighted by molar-refractivity contribution is -0.117. The third-order valence-electron chi connectivity index (χ3n) is 2.10. The highest BCUT2D eigenvalue weighted by Crippen LogP contribution is 2.14. The van der Waals surface area contributed by atoms with Crippen molar-refractivity contribution in [3.63, 3.8) is 0 Å². The van der Waals surface area contributed by atoms with Crippen molar-refractivity contribution in [3.05, 3.63) is 24.3 Å². The van der Waals surface area contributed by atoms with Crippen molar-refractivity contribution in [2.75, 3.05) is 17.3 Å². The fourth-order valence-corrected chi connectivity index (χ4v) is 1.65. The maximum Gasteiger partial charge on any atom is 0.241 e. The second-order valence-corrected chi connectivity index (χ2v) is 4.41. The highest BCUT2D eigenvalue weighted by atomic mass is 32.2. The van der Waals surface area contributed by atoms with Crippen LogP contribution in [0.1, 0.15) is 6.42 Å². The highest BCUT2D eigenvalue weighted by molar-refractivity contribution is 7.98. The summed E-state index contributed by atoms with van der Waals surface area (Å²) in [5.74, 6) is 0.842. The van der Waals surface area contributed by atoms with Crippen molar-refractivity contribution in [1.29, 1.82) is 0 Å². The number of anilines is 1. The summed E-state index contributed by atoms with van der Waals surface area (Å²) in [6.07, 6.45) is 2.63. The predicted molar refractivity (Wildman–Crippen MR) is 67.7 cm³/mol. The molecule has 0 aliphatic heterocycles. The number of carbonyl (C=O) groups excluding carboxylic acids is 1. The first-order chi connectivity index (χ1) is 7.63. The molecule has 0 bridgehead atoms. The summed E-state index contributed by atoms with van der Waals surface area (Å²) < 4.78 is 0. The van der Waals surface area contributed by atoms with Gasteiger partial charge in [-0.05, 0) is 42.7 Å². The number of rotatable bonds is 5. The normalized spacial score (nSPS) is 12.1. The van der Waals surface area contributed by atoms with E-state index in [2.05, 4.69) is 5.32 Å². The zero-order valence-corrected chi connectivity index (χ0v) is 9.96. The minimum atomic E-state index is -0.485. The van der Waals surface area contributed by atoms with E-state index in [0.29, 0.717) is 12.1 Å². The lowest BCUT2D eigenvalue weighted by Gasteiger charge is -2.11. The van der Waals surface area contributed by atoms with Gasteiger partial charge in [-0.3, -0.25) is 4.79 Å². The summed E-state index contributed by atoms with van der Waals surface area (Å²) in [4.78, 5) is 11.6. The van der Waals surface area contributed by atoms with Crippen LogP contribution in [0.3, 0.4) is 0 Å². The van der Waals surface area contributed by atoms with Gasteiger partial charge < -0.3 is 16.2 Å². The Morgan fingerprint density at radius 3 is 2.69 bits per heavy atom. The second-order valence-electron chi connectivity index (χ2n) is 3.42. The number of amides is 1. The Morgan fingerprint density at radius 2 is 2.12 bits per heavy atom. The molecular weight excluding hydrogens is 224 g/mol. The predicted octanol–water partition coefficient (Wildman–Crippen LogP) is 1.41. The van der Waals surface area contributed by atoms with E-state index in [-0.39, 0.29) is 11.7 Å². The molecule has 0 unspecified atom stereocenters. The van der Waals surface area contributed by atoms with E-state index >= 15 is 0 Å². The molecule has 0 aliphatic rings. The van der Waals surface area contributed by atoms with E-state index in [4.69, 9.17) is 10.8 Å². The number of hydrogen-bond donors (Lipinski definition) is 3. The molecule has 0 aromatic heterocycles. The topological polar surface area (TPSA) is 75.4 Å². The molecule has 1 aromatic rings. The fraction of sp³-hybridized carbons (Fsp3) is 0.364. The van der Waals surface area contributed by atoms with Crippen LogP contribution < -0.4 is 11.1 Å². The molecule has 0 spiro atoms. The number of aromatic hydroxyl groups is 1. The van der Waals surface area contributed by atoms with Crippen molar-refractivity contribution >= 4 is 23.4 Å². The quantitative estimate of drug-likeness (QED) is 0.680. The highest BCUT2D eigenvalue weighted by Gasteiger charge is 2.12. The largest absolute Gasteiger partial charge is 0.508 e. The molecule has 1 rings (SSSR count). The van der Waals surface area contributed by atoms with E-state index in [9.17, 15) is 4.79 Å². The molecular formula is C11H16N2O2S. The zero-order chi connectivity index (χ0) is 12.0. The molecule has 0 heterocycles. The van der Waals surface area contributed by atoms with Crippen molar-refractivity contribution in [2.24, 2.45) is 5.73 Å². The molecule has 4 nitrogen and oxygen atoms in total. The molecule has 0 saturated heterocycles. The van der Waals surface area contributed by atoms with Gasteiger partial charge in [-0.2, -0.15) is 11.8 Å². The van der Waals surface area contributed by atoms with Gasteiger partial charge in [0.25, 0.3) is 0 Å². The molecule has 0 saturated carbocycles. The molecule has 1 amide bonds. The summed E-state index contributed by atoms with van der Waals surface area (Å²) in [6.45, 7) is 0. The van der Waals surface area contributed by atoms with Crippen molar-refractivity contribution < 1.29 is 9.90 Å². The van der Waals surface area contributed by atoms with Crippen molar-refractivity contribution in [2.45, 2.75) is 12.5 Å². The van der Waals surface area contributed by atoms with Crippen LogP contribution in [0.2, 0.25) is 0 Å². The Kier molecular flexibility index (Phi) is 5.14. The summed E-state index contributed by atoms with van der Waals surface area (Å²) in [6, 6.07) is 5.82.